The van der Waals surface area contributed by atoms with Crippen LogP contribution < -0.4 is 5.73 Å². The van der Waals surface area contributed by atoms with Crippen molar-refractivity contribution in [3.05, 3.63) is 29.3 Å². The number of benzene rings is 1. The van der Waals surface area contributed by atoms with E-state index in [0.29, 0.717) is 17.7 Å². The second-order valence-corrected chi connectivity index (χ2v) is 3.85. The molecule has 0 spiro atoms. The average Bonchev–Trinajstić information content (AvgIpc) is 2.16. The number of nitrogen functional groups attached to an aromatic ring is 1. The molecule has 0 amide bonds. The van der Waals surface area contributed by atoms with Crippen LogP contribution in [0.25, 0.3) is 0 Å². The average molecular weight is 223 g/mol. The fourth-order valence-corrected chi connectivity index (χ4v) is 1.32. The molecular weight excluding hydrogens is 206 g/mol. The molecule has 0 bridgehead atoms. The lowest BCUT2D eigenvalue weighted by Gasteiger charge is -2.08. The summed E-state index contributed by atoms with van der Waals surface area (Å²) in [7, 11) is 0. The number of aryl methyl sites for hydroxylation is 1. The Labute approximate surface area is 95.0 Å². The van der Waals surface area contributed by atoms with Crippen LogP contribution in [-0.2, 0) is 4.74 Å². The Hall–Kier alpha value is -1.55. The quantitative estimate of drug-likeness (QED) is 0.599. The van der Waals surface area contributed by atoms with Crippen molar-refractivity contribution in [1.29, 1.82) is 0 Å². The Balaban J connectivity index is 2.59. The molecule has 1 aromatic carbocycles. The first-order valence-corrected chi connectivity index (χ1v) is 5.22. The van der Waals surface area contributed by atoms with E-state index in [1.165, 1.54) is 0 Å². The maximum Gasteiger partial charge on any atom is 0.338 e. The minimum atomic E-state index is -0.458. The molecule has 0 aliphatic rings. The Morgan fingerprint density at radius 2 is 2.25 bits per heavy atom. The van der Waals surface area contributed by atoms with Gasteiger partial charge in [-0.05, 0) is 37.6 Å². The molecule has 0 saturated carbocycles. The van der Waals surface area contributed by atoms with E-state index in [4.69, 9.17) is 15.6 Å². The number of hydrogen-bond acceptors (Lipinski definition) is 4. The molecule has 1 aromatic rings. The molecule has 0 fully saturated rings. The number of nitrogens with two attached hydrogens (primary N) is 1. The van der Waals surface area contributed by atoms with Gasteiger partial charge in [-0.1, -0.05) is 0 Å². The standard InChI is InChI=1S/C12H17NO3/c1-8-7-10(13)3-4-11(8)12(15)16-6-5-9(2)14/h3-4,7,9,14H,5-6,13H2,1-2H3. The van der Waals surface area contributed by atoms with E-state index in [1.54, 1.807) is 25.1 Å². The molecule has 0 aliphatic carbocycles. The smallest absolute Gasteiger partial charge is 0.338 e. The Morgan fingerprint density at radius 3 is 2.81 bits per heavy atom. The maximum atomic E-state index is 11.6. The first kappa shape index (κ1) is 12.5. The number of aliphatic hydroxyl groups is 1. The van der Waals surface area contributed by atoms with Crippen molar-refractivity contribution in [1.82, 2.24) is 0 Å². The molecule has 4 nitrogen and oxygen atoms in total. The van der Waals surface area contributed by atoms with Gasteiger partial charge in [0.25, 0.3) is 0 Å². The number of ether oxygens (including phenoxy) is 1. The summed E-state index contributed by atoms with van der Waals surface area (Å²) >= 11 is 0. The van der Waals surface area contributed by atoms with Crippen LogP contribution in [0.5, 0.6) is 0 Å². The molecule has 1 atom stereocenters. The number of anilines is 1. The van der Waals surface area contributed by atoms with E-state index in [2.05, 4.69) is 0 Å². The number of rotatable bonds is 4. The molecule has 1 rings (SSSR count). The lowest BCUT2D eigenvalue weighted by Crippen LogP contribution is -2.12. The van der Waals surface area contributed by atoms with E-state index < -0.39 is 6.10 Å². The minimum absolute atomic E-state index is 0.223. The van der Waals surface area contributed by atoms with Gasteiger partial charge in [0.05, 0.1) is 18.3 Å². The van der Waals surface area contributed by atoms with Gasteiger partial charge in [-0.3, -0.25) is 0 Å². The van der Waals surface area contributed by atoms with Crippen molar-refractivity contribution in [3.63, 3.8) is 0 Å². The van der Waals surface area contributed by atoms with E-state index in [9.17, 15) is 4.79 Å². The lowest BCUT2D eigenvalue weighted by molar-refractivity contribution is 0.0443. The zero-order valence-electron chi connectivity index (χ0n) is 9.56. The van der Waals surface area contributed by atoms with Crippen LogP contribution in [-0.4, -0.2) is 23.8 Å². The van der Waals surface area contributed by atoms with E-state index in [1.807, 2.05) is 6.92 Å². The first-order chi connectivity index (χ1) is 7.50. The van der Waals surface area contributed by atoms with Gasteiger partial charge < -0.3 is 15.6 Å². The fourth-order valence-electron chi connectivity index (χ4n) is 1.32. The van der Waals surface area contributed by atoms with Crippen LogP contribution in [0.15, 0.2) is 18.2 Å². The molecule has 0 saturated heterocycles. The normalized spacial score (nSPS) is 12.2. The van der Waals surface area contributed by atoms with Crippen molar-refractivity contribution in [2.45, 2.75) is 26.4 Å². The molecule has 4 heteroatoms. The highest BCUT2D eigenvalue weighted by atomic mass is 16.5. The van der Waals surface area contributed by atoms with Crippen LogP contribution in [0, 0.1) is 6.92 Å². The number of esters is 1. The summed E-state index contributed by atoms with van der Waals surface area (Å²) < 4.78 is 5.02. The SMILES string of the molecule is Cc1cc(N)ccc1C(=O)OCCC(C)O. The fraction of sp³-hybridized carbons (Fsp3) is 0.417. The van der Waals surface area contributed by atoms with E-state index in [0.717, 1.165) is 5.56 Å². The zero-order chi connectivity index (χ0) is 12.1. The van der Waals surface area contributed by atoms with E-state index >= 15 is 0 Å². The van der Waals surface area contributed by atoms with Crippen LogP contribution in [0.2, 0.25) is 0 Å². The Kier molecular flexibility index (Phi) is 4.31. The third-order valence-corrected chi connectivity index (χ3v) is 2.24. The molecule has 0 heterocycles. The first-order valence-electron chi connectivity index (χ1n) is 5.22. The molecule has 0 radical (unpaired) electrons. The van der Waals surface area contributed by atoms with Crippen molar-refractivity contribution in [2.24, 2.45) is 0 Å². The van der Waals surface area contributed by atoms with Gasteiger partial charge in [0, 0.05) is 12.1 Å². The molecule has 0 aliphatic heterocycles. The van der Waals surface area contributed by atoms with Crippen LogP contribution in [0.4, 0.5) is 5.69 Å². The van der Waals surface area contributed by atoms with Gasteiger partial charge in [0.15, 0.2) is 0 Å². The van der Waals surface area contributed by atoms with Gasteiger partial charge >= 0.3 is 5.97 Å². The molecule has 16 heavy (non-hydrogen) atoms. The number of hydrogen-bond donors (Lipinski definition) is 2. The second kappa shape index (κ2) is 5.51. The van der Waals surface area contributed by atoms with Crippen LogP contribution >= 0.6 is 0 Å². The van der Waals surface area contributed by atoms with Crippen LogP contribution in [0.1, 0.15) is 29.3 Å². The minimum Gasteiger partial charge on any atom is -0.462 e. The topological polar surface area (TPSA) is 72.6 Å². The summed E-state index contributed by atoms with van der Waals surface area (Å²) in [5.41, 5.74) is 7.51. The predicted molar refractivity (Wildman–Crippen MR) is 62.2 cm³/mol. The summed E-state index contributed by atoms with van der Waals surface area (Å²) in [6.45, 7) is 3.68. The molecule has 88 valence electrons. The van der Waals surface area contributed by atoms with Crippen molar-refractivity contribution in [3.8, 4) is 0 Å². The lowest BCUT2D eigenvalue weighted by atomic mass is 10.1. The second-order valence-electron chi connectivity index (χ2n) is 3.85. The maximum absolute atomic E-state index is 11.6. The summed E-state index contributed by atoms with van der Waals surface area (Å²) in [5.74, 6) is -0.377. The highest BCUT2D eigenvalue weighted by Gasteiger charge is 2.10. The van der Waals surface area contributed by atoms with Gasteiger partial charge in [-0.15, -0.1) is 0 Å². The molecule has 3 N–H and O–H groups in total. The number of carbonyl (C=O) groups excluding carboxylic acids is 1. The number of carbonyl (C=O) groups is 1. The van der Waals surface area contributed by atoms with Crippen molar-refractivity contribution < 1.29 is 14.6 Å². The predicted octanol–water partition coefficient (Wildman–Crippen LogP) is 1.50. The van der Waals surface area contributed by atoms with Crippen molar-refractivity contribution in [2.75, 3.05) is 12.3 Å². The van der Waals surface area contributed by atoms with E-state index in [-0.39, 0.29) is 12.6 Å². The van der Waals surface area contributed by atoms with Crippen LogP contribution in [0.3, 0.4) is 0 Å². The summed E-state index contributed by atoms with van der Waals surface area (Å²) in [4.78, 5) is 11.6. The highest BCUT2D eigenvalue weighted by Crippen LogP contribution is 2.13. The number of aliphatic hydroxyl groups excluding tert-OH is 1. The van der Waals surface area contributed by atoms with Gasteiger partial charge in [-0.25, -0.2) is 4.79 Å². The third-order valence-electron chi connectivity index (χ3n) is 2.24. The van der Waals surface area contributed by atoms with Gasteiger partial charge in [0.1, 0.15) is 0 Å². The molecule has 0 aromatic heterocycles. The van der Waals surface area contributed by atoms with Crippen molar-refractivity contribution >= 4 is 11.7 Å². The largest absolute Gasteiger partial charge is 0.462 e. The van der Waals surface area contributed by atoms with Gasteiger partial charge in [0.2, 0.25) is 0 Å². The summed E-state index contributed by atoms with van der Waals surface area (Å²) in [6.07, 6.45) is -0.0138. The molecule has 1 unspecified atom stereocenters. The third kappa shape index (κ3) is 3.55. The summed E-state index contributed by atoms with van der Waals surface area (Å²) in [6, 6.07) is 5.04. The molecular formula is C12H17NO3. The highest BCUT2D eigenvalue weighted by molar-refractivity contribution is 5.91. The summed E-state index contributed by atoms with van der Waals surface area (Å²) in [5, 5.41) is 9.02. The zero-order valence-corrected chi connectivity index (χ0v) is 9.56. The monoisotopic (exact) mass is 223 g/mol. The Morgan fingerprint density at radius 1 is 1.56 bits per heavy atom. The van der Waals surface area contributed by atoms with Gasteiger partial charge in [-0.2, -0.15) is 0 Å². The Bertz CT molecular complexity index is 375.